The van der Waals surface area contributed by atoms with Crippen LogP contribution in [0.1, 0.15) is 51.3 Å². The number of aromatic nitrogens is 3. The van der Waals surface area contributed by atoms with Crippen molar-refractivity contribution >= 4 is 0 Å². The molecule has 0 aromatic carbocycles. The van der Waals surface area contributed by atoms with E-state index < -0.39 is 0 Å². The Morgan fingerprint density at radius 3 is 2.40 bits per heavy atom. The van der Waals surface area contributed by atoms with E-state index in [2.05, 4.69) is 14.8 Å². The van der Waals surface area contributed by atoms with Crippen molar-refractivity contribution in [3.63, 3.8) is 0 Å². The Kier molecular flexibility index (Phi) is 2.92. The molecule has 1 unspecified atom stereocenters. The van der Waals surface area contributed by atoms with Gasteiger partial charge in [-0.05, 0) is 68.6 Å². The molecule has 4 aliphatic carbocycles. The first kappa shape index (κ1) is 12.8. The zero-order valence-corrected chi connectivity index (χ0v) is 12.5. The van der Waals surface area contributed by atoms with Gasteiger partial charge in [0.1, 0.15) is 12.2 Å². The molecule has 0 saturated heterocycles. The summed E-state index contributed by atoms with van der Waals surface area (Å²) in [6, 6.07) is 0.161. The molecule has 0 radical (unpaired) electrons. The number of nitrogens with two attached hydrogens (primary N) is 1. The summed E-state index contributed by atoms with van der Waals surface area (Å²) in [6.07, 6.45) is 11.6. The van der Waals surface area contributed by atoms with E-state index in [1.165, 1.54) is 38.5 Å². The first-order valence-corrected chi connectivity index (χ1v) is 8.24. The maximum atomic E-state index is 5.93. The topological polar surface area (TPSA) is 56.7 Å². The third-order valence-corrected chi connectivity index (χ3v) is 5.87. The highest BCUT2D eigenvalue weighted by molar-refractivity contribution is 5.02. The Morgan fingerprint density at radius 1 is 1.25 bits per heavy atom. The van der Waals surface area contributed by atoms with Crippen LogP contribution in [0.25, 0.3) is 0 Å². The molecule has 4 heteroatoms. The van der Waals surface area contributed by atoms with Crippen molar-refractivity contribution in [1.29, 1.82) is 0 Å². The minimum Gasteiger partial charge on any atom is -0.328 e. The van der Waals surface area contributed by atoms with E-state index >= 15 is 0 Å². The van der Waals surface area contributed by atoms with Crippen LogP contribution in [0.3, 0.4) is 0 Å². The summed E-state index contributed by atoms with van der Waals surface area (Å²) in [4.78, 5) is 0. The van der Waals surface area contributed by atoms with Gasteiger partial charge in [0.25, 0.3) is 0 Å². The predicted octanol–water partition coefficient (Wildman–Crippen LogP) is 2.38. The summed E-state index contributed by atoms with van der Waals surface area (Å²) in [5, 5.41) is 8.42. The van der Waals surface area contributed by atoms with Gasteiger partial charge < -0.3 is 10.3 Å². The molecule has 1 aromatic rings. The number of nitrogens with zero attached hydrogens (tertiary/aromatic N) is 3. The molecular weight excluding hydrogens is 248 g/mol. The Bertz CT molecular complexity index is 455. The Hall–Kier alpha value is -0.900. The van der Waals surface area contributed by atoms with Crippen LogP contribution in [-0.4, -0.2) is 20.8 Å². The summed E-state index contributed by atoms with van der Waals surface area (Å²) in [5.41, 5.74) is 6.48. The number of rotatable bonds is 4. The van der Waals surface area contributed by atoms with Crippen molar-refractivity contribution in [2.75, 3.05) is 0 Å². The van der Waals surface area contributed by atoms with Gasteiger partial charge in [-0.1, -0.05) is 0 Å². The zero-order valence-electron chi connectivity index (χ0n) is 12.5. The molecule has 4 saturated carbocycles. The van der Waals surface area contributed by atoms with Gasteiger partial charge in [0.2, 0.25) is 0 Å². The molecule has 20 heavy (non-hydrogen) atoms. The average molecular weight is 274 g/mol. The summed E-state index contributed by atoms with van der Waals surface area (Å²) in [7, 11) is 0. The minimum absolute atomic E-state index is 0.161. The Balaban J connectivity index is 1.55. The van der Waals surface area contributed by atoms with Crippen molar-refractivity contribution in [3.8, 4) is 0 Å². The Labute approximate surface area is 121 Å². The van der Waals surface area contributed by atoms with Crippen LogP contribution < -0.4 is 5.73 Å². The van der Waals surface area contributed by atoms with E-state index in [0.29, 0.717) is 5.41 Å². The summed E-state index contributed by atoms with van der Waals surface area (Å²) < 4.78 is 2.30. The lowest BCUT2D eigenvalue weighted by atomic mass is 9.49. The lowest BCUT2D eigenvalue weighted by molar-refractivity contribution is -0.0623. The molecule has 4 nitrogen and oxygen atoms in total. The highest BCUT2D eigenvalue weighted by atomic mass is 15.3. The molecule has 110 valence electrons. The van der Waals surface area contributed by atoms with E-state index in [0.717, 1.165) is 36.5 Å². The lowest BCUT2D eigenvalue weighted by Crippen LogP contribution is -2.48. The fourth-order valence-corrected chi connectivity index (χ4v) is 5.70. The molecule has 0 amide bonds. The van der Waals surface area contributed by atoms with Gasteiger partial charge in [-0.2, -0.15) is 0 Å². The van der Waals surface area contributed by atoms with Crippen molar-refractivity contribution in [3.05, 3.63) is 12.2 Å². The summed E-state index contributed by atoms with van der Waals surface area (Å²) >= 11 is 0. The second kappa shape index (κ2) is 4.55. The van der Waals surface area contributed by atoms with Gasteiger partial charge in [-0.3, -0.25) is 0 Å². The van der Waals surface area contributed by atoms with Crippen LogP contribution in [-0.2, 0) is 13.0 Å². The van der Waals surface area contributed by atoms with Crippen LogP contribution in [0.15, 0.2) is 6.33 Å². The van der Waals surface area contributed by atoms with Gasteiger partial charge in [-0.25, -0.2) is 0 Å². The average Bonchev–Trinajstić information content (AvgIpc) is 2.73. The van der Waals surface area contributed by atoms with Gasteiger partial charge in [0, 0.05) is 19.0 Å². The molecule has 0 aliphatic heterocycles. The number of hydrogen-bond acceptors (Lipinski definition) is 3. The van der Waals surface area contributed by atoms with Gasteiger partial charge in [-0.15, -0.1) is 10.2 Å². The first-order valence-electron chi connectivity index (χ1n) is 8.24. The van der Waals surface area contributed by atoms with Gasteiger partial charge in [0.15, 0.2) is 0 Å². The maximum Gasteiger partial charge on any atom is 0.134 e. The highest BCUT2D eigenvalue weighted by Crippen LogP contribution is 2.60. The zero-order chi connectivity index (χ0) is 13.7. The standard InChI is InChI=1S/C16H26N4/c1-11(17)2-15-19-18-10-20(15)9-16-6-12-3-13(7-16)5-14(4-12)8-16/h10-14H,2-9,17H2,1H3. The fourth-order valence-electron chi connectivity index (χ4n) is 5.70. The van der Waals surface area contributed by atoms with Gasteiger partial charge in [0.05, 0.1) is 0 Å². The fraction of sp³-hybridized carbons (Fsp3) is 0.875. The molecule has 1 atom stereocenters. The van der Waals surface area contributed by atoms with E-state index in [4.69, 9.17) is 5.73 Å². The van der Waals surface area contributed by atoms with Crippen molar-refractivity contribution < 1.29 is 0 Å². The number of hydrogen-bond donors (Lipinski definition) is 1. The third-order valence-electron chi connectivity index (χ3n) is 5.87. The highest BCUT2D eigenvalue weighted by Gasteiger charge is 2.50. The van der Waals surface area contributed by atoms with Crippen LogP contribution in [0, 0.1) is 23.2 Å². The van der Waals surface area contributed by atoms with E-state index in [-0.39, 0.29) is 6.04 Å². The predicted molar refractivity (Wildman–Crippen MR) is 78.0 cm³/mol. The van der Waals surface area contributed by atoms with Crippen molar-refractivity contribution in [2.45, 2.75) is 64.5 Å². The molecule has 4 bridgehead atoms. The first-order chi connectivity index (χ1) is 9.62. The van der Waals surface area contributed by atoms with E-state index in [1.54, 1.807) is 0 Å². The van der Waals surface area contributed by atoms with E-state index in [9.17, 15) is 0 Å². The quantitative estimate of drug-likeness (QED) is 0.917. The molecule has 1 heterocycles. The van der Waals surface area contributed by atoms with Crippen LogP contribution >= 0.6 is 0 Å². The second-order valence-electron chi connectivity index (χ2n) is 7.97. The maximum absolute atomic E-state index is 5.93. The molecule has 2 N–H and O–H groups in total. The van der Waals surface area contributed by atoms with Crippen molar-refractivity contribution in [1.82, 2.24) is 14.8 Å². The smallest absolute Gasteiger partial charge is 0.134 e. The normalized spacial score (nSPS) is 40.2. The largest absolute Gasteiger partial charge is 0.328 e. The van der Waals surface area contributed by atoms with Crippen LogP contribution in [0.2, 0.25) is 0 Å². The molecule has 5 rings (SSSR count). The summed E-state index contributed by atoms with van der Waals surface area (Å²) in [5.74, 6) is 4.11. The molecular formula is C16H26N4. The minimum atomic E-state index is 0.161. The third kappa shape index (κ3) is 2.18. The molecule has 1 aromatic heterocycles. The lowest BCUT2D eigenvalue weighted by Gasteiger charge is -2.57. The molecule has 4 aliphatic rings. The monoisotopic (exact) mass is 274 g/mol. The van der Waals surface area contributed by atoms with Crippen LogP contribution in [0.4, 0.5) is 0 Å². The van der Waals surface area contributed by atoms with E-state index in [1.807, 2.05) is 13.3 Å². The Morgan fingerprint density at radius 2 is 1.85 bits per heavy atom. The molecule has 0 spiro atoms. The van der Waals surface area contributed by atoms with Gasteiger partial charge >= 0.3 is 0 Å². The summed E-state index contributed by atoms with van der Waals surface area (Å²) in [6.45, 7) is 3.18. The van der Waals surface area contributed by atoms with Crippen LogP contribution in [0.5, 0.6) is 0 Å². The molecule has 4 fully saturated rings. The SMILES string of the molecule is CC(N)Cc1nncn1CC12CC3CC(CC(C3)C1)C2. The second-order valence-corrected chi connectivity index (χ2v) is 7.97. The van der Waals surface area contributed by atoms with Crippen molar-refractivity contribution in [2.24, 2.45) is 28.9 Å².